The summed E-state index contributed by atoms with van der Waals surface area (Å²) in [5, 5.41) is 3.38. The molecule has 0 bridgehead atoms. The van der Waals surface area contributed by atoms with Crippen molar-refractivity contribution in [3.63, 3.8) is 0 Å². The van der Waals surface area contributed by atoms with Gasteiger partial charge in [-0.3, -0.25) is 0 Å². The topological polar surface area (TPSA) is 67.2 Å². The van der Waals surface area contributed by atoms with Gasteiger partial charge in [-0.15, -0.1) is 0 Å². The molecular formula is C13H24N4O2S. The van der Waals surface area contributed by atoms with Gasteiger partial charge in [-0.1, -0.05) is 0 Å². The normalized spacial score (nSPS) is 22.9. The molecule has 1 saturated heterocycles. The van der Waals surface area contributed by atoms with Crippen molar-refractivity contribution in [3.8, 4) is 0 Å². The molecule has 7 heteroatoms. The smallest absolute Gasteiger partial charge is 0.262 e. The van der Waals surface area contributed by atoms with E-state index in [-0.39, 0.29) is 5.03 Å². The summed E-state index contributed by atoms with van der Waals surface area (Å²) in [6, 6.07) is 0.321. The van der Waals surface area contributed by atoms with E-state index in [1.165, 1.54) is 0 Å². The predicted molar refractivity (Wildman–Crippen MR) is 77.9 cm³/mol. The minimum absolute atomic E-state index is 0.164. The molecule has 1 aromatic heterocycles. The van der Waals surface area contributed by atoms with Gasteiger partial charge in [0, 0.05) is 31.9 Å². The molecule has 0 spiro atoms. The Morgan fingerprint density at radius 3 is 2.90 bits per heavy atom. The molecule has 0 amide bonds. The Morgan fingerprint density at radius 1 is 1.55 bits per heavy atom. The van der Waals surface area contributed by atoms with Gasteiger partial charge in [-0.2, -0.15) is 4.31 Å². The molecule has 2 atom stereocenters. The largest absolute Gasteiger partial charge is 0.336 e. The molecule has 2 unspecified atom stereocenters. The van der Waals surface area contributed by atoms with E-state index in [0.717, 1.165) is 19.4 Å². The van der Waals surface area contributed by atoms with Gasteiger partial charge >= 0.3 is 0 Å². The van der Waals surface area contributed by atoms with E-state index in [2.05, 4.69) is 17.2 Å². The molecule has 0 radical (unpaired) electrons. The molecular weight excluding hydrogens is 276 g/mol. The average molecular weight is 300 g/mol. The average Bonchev–Trinajstić information content (AvgIpc) is 2.96. The SMILES string of the molecule is CCn1cnc(S(=O)(=O)N2CCCC(C(C)NC)C2)c1. The monoisotopic (exact) mass is 300 g/mol. The quantitative estimate of drug-likeness (QED) is 0.878. The molecule has 114 valence electrons. The Bertz CT molecular complexity index is 540. The lowest BCUT2D eigenvalue weighted by Gasteiger charge is -2.34. The van der Waals surface area contributed by atoms with Gasteiger partial charge in [0.05, 0.1) is 6.33 Å². The number of aryl methyl sites for hydroxylation is 1. The number of imidazole rings is 1. The van der Waals surface area contributed by atoms with Gasteiger partial charge in [0.25, 0.3) is 10.0 Å². The fraction of sp³-hybridized carbons (Fsp3) is 0.769. The highest BCUT2D eigenvalue weighted by Gasteiger charge is 2.33. The lowest BCUT2D eigenvalue weighted by Crippen LogP contribution is -2.45. The zero-order valence-electron chi connectivity index (χ0n) is 12.4. The van der Waals surface area contributed by atoms with E-state index in [1.807, 2.05) is 14.0 Å². The lowest BCUT2D eigenvalue weighted by molar-refractivity contribution is 0.228. The van der Waals surface area contributed by atoms with Crippen LogP contribution < -0.4 is 5.32 Å². The minimum atomic E-state index is -3.45. The third-order valence-corrected chi connectivity index (χ3v) is 5.91. The van der Waals surface area contributed by atoms with Crippen molar-refractivity contribution < 1.29 is 8.42 Å². The number of aromatic nitrogens is 2. The van der Waals surface area contributed by atoms with Crippen molar-refractivity contribution in [1.29, 1.82) is 0 Å². The first-order valence-electron chi connectivity index (χ1n) is 7.18. The van der Waals surface area contributed by atoms with Crippen molar-refractivity contribution in [2.24, 2.45) is 5.92 Å². The summed E-state index contributed by atoms with van der Waals surface area (Å²) >= 11 is 0. The van der Waals surface area contributed by atoms with Crippen LogP contribution in [-0.2, 0) is 16.6 Å². The van der Waals surface area contributed by atoms with Crippen LogP contribution in [0.5, 0.6) is 0 Å². The molecule has 0 aromatic carbocycles. The summed E-state index contributed by atoms with van der Waals surface area (Å²) in [5.74, 6) is 0.358. The van der Waals surface area contributed by atoms with Crippen LogP contribution >= 0.6 is 0 Å². The fourth-order valence-electron chi connectivity index (χ4n) is 2.61. The Balaban J connectivity index is 2.16. The van der Waals surface area contributed by atoms with Crippen LogP contribution in [-0.4, -0.2) is 48.5 Å². The molecule has 0 aliphatic carbocycles. The fourth-order valence-corrected chi connectivity index (χ4v) is 4.08. The number of nitrogens with one attached hydrogen (secondary N) is 1. The predicted octanol–water partition coefficient (Wildman–Crippen LogP) is 0.912. The van der Waals surface area contributed by atoms with Crippen molar-refractivity contribution in [3.05, 3.63) is 12.5 Å². The first kappa shape index (κ1) is 15.5. The Kier molecular flexibility index (Phi) is 4.82. The van der Waals surface area contributed by atoms with E-state index >= 15 is 0 Å². The number of nitrogens with zero attached hydrogens (tertiary/aromatic N) is 3. The highest BCUT2D eigenvalue weighted by Crippen LogP contribution is 2.24. The summed E-state index contributed by atoms with van der Waals surface area (Å²) < 4.78 is 28.6. The van der Waals surface area contributed by atoms with Crippen molar-refractivity contribution in [1.82, 2.24) is 19.2 Å². The van der Waals surface area contributed by atoms with E-state index in [1.54, 1.807) is 21.4 Å². The molecule has 1 N–H and O–H groups in total. The summed E-state index contributed by atoms with van der Waals surface area (Å²) in [5.41, 5.74) is 0. The van der Waals surface area contributed by atoms with E-state index in [0.29, 0.717) is 25.0 Å². The van der Waals surface area contributed by atoms with Gasteiger partial charge in [0.15, 0.2) is 5.03 Å². The third-order valence-electron chi connectivity index (χ3n) is 4.16. The zero-order chi connectivity index (χ0) is 14.8. The molecule has 2 rings (SSSR count). The second-order valence-electron chi connectivity index (χ2n) is 5.39. The molecule has 1 aliphatic heterocycles. The maximum atomic E-state index is 12.6. The van der Waals surface area contributed by atoms with Gasteiger partial charge in [0.1, 0.15) is 0 Å². The minimum Gasteiger partial charge on any atom is -0.336 e. The second kappa shape index (κ2) is 6.24. The molecule has 20 heavy (non-hydrogen) atoms. The van der Waals surface area contributed by atoms with Crippen LogP contribution in [0.2, 0.25) is 0 Å². The van der Waals surface area contributed by atoms with Gasteiger partial charge in [-0.05, 0) is 39.7 Å². The number of hydrogen-bond acceptors (Lipinski definition) is 4. The molecule has 1 aliphatic rings. The zero-order valence-corrected chi connectivity index (χ0v) is 13.2. The van der Waals surface area contributed by atoms with Crippen LogP contribution in [0, 0.1) is 5.92 Å². The van der Waals surface area contributed by atoms with Gasteiger partial charge in [-0.25, -0.2) is 13.4 Å². The maximum absolute atomic E-state index is 12.6. The maximum Gasteiger partial charge on any atom is 0.262 e. The number of piperidine rings is 1. The molecule has 0 saturated carbocycles. The third kappa shape index (κ3) is 3.05. The Hall–Kier alpha value is -0.920. The van der Waals surface area contributed by atoms with Crippen molar-refractivity contribution >= 4 is 10.0 Å². The van der Waals surface area contributed by atoms with Gasteiger partial charge < -0.3 is 9.88 Å². The Labute approximate surface area is 121 Å². The first-order valence-corrected chi connectivity index (χ1v) is 8.62. The number of sulfonamides is 1. The van der Waals surface area contributed by atoms with E-state index in [4.69, 9.17) is 0 Å². The van der Waals surface area contributed by atoms with Crippen LogP contribution in [0.4, 0.5) is 0 Å². The molecule has 6 nitrogen and oxygen atoms in total. The summed E-state index contributed by atoms with van der Waals surface area (Å²) in [6.07, 6.45) is 5.16. The summed E-state index contributed by atoms with van der Waals surface area (Å²) in [7, 11) is -1.53. The second-order valence-corrected chi connectivity index (χ2v) is 7.27. The van der Waals surface area contributed by atoms with Crippen LogP contribution in [0.15, 0.2) is 17.6 Å². The van der Waals surface area contributed by atoms with Crippen LogP contribution in [0.25, 0.3) is 0 Å². The summed E-state index contributed by atoms with van der Waals surface area (Å²) in [4.78, 5) is 4.04. The summed E-state index contributed by atoms with van der Waals surface area (Å²) in [6.45, 7) is 5.95. The van der Waals surface area contributed by atoms with Crippen molar-refractivity contribution in [2.45, 2.75) is 44.3 Å². The van der Waals surface area contributed by atoms with E-state index in [9.17, 15) is 8.42 Å². The standard InChI is InChI=1S/C13H24N4O2S/c1-4-16-9-13(15-10-16)20(18,19)17-7-5-6-12(8-17)11(2)14-3/h9-12,14H,4-8H2,1-3H3. The van der Waals surface area contributed by atoms with E-state index < -0.39 is 10.0 Å². The van der Waals surface area contributed by atoms with Crippen molar-refractivity contribution in [2.75, 3.05) is 20.1 Å². The highest BCUT2D eigenvalue weighted by molar-refractivity contribution is 7.89. The Morgan fingerprint density at radius 2 is 2.30 bits per heavy atom. The van der Waals surface area contributed by atoms with Gasteiger partial charge in [0.2, 0.25) is 0 Å². The first-order chi connectivity index (χ1) is 9.48. The highest BCUT2D eigenvalue weighted by atomic mass is 32.2. The molecule has 1 fully saturated rings. The lowest BCUT2D eigenvalue weighted by atomic mass is 9.93. The number of hydrogen-bond donors (Lipinski definition) is 1. The van der Waals surface area contributed by atoms with Crippen LogP contribution in [0.3, 0.4) is 0 Å². The number of rotatable bonds is 5. The molecule has 2 heterocycles. The molecule has 1 aromatic rings. The van der Waals surface area contributed by atoms with Crippen LogP contribution in [0.1, 0.15) is 26.7 Å².